The topological polar surface area (TPSA) is 65.0 Å². The summed E-state index contributed by atoms with van der Waals surface area (Å²) < 4.78 is 12.5. The molecule has 2 aromatic carbocycles. The van der Waals surface area contributed by atoms with Gasteiger partial charge in [0.2, 0.25) is 5.90 Å². The lowest BCUT2D eigenvalue weighted by molar-refractivity contribution is -0.132. The third kappa shape index (κ3) is 4.47. The van der Waals surface area contributed by atoms with Gasteiger partial charge in [-0.25, -0.2) is 9.79 Å². The second kappa shape index (κ2) is 7.93. The molecule has 0 spiro atoms. The van der Waals surface area contributed by atoms with Crippen LogP contribution in [0.4, 0.5) is 0 Å². The van der Waals surface area contributed by atoms with E-state index >= 15 is 0 Å². The fourth-order valence-electron chi connectivity index (χ4n) is 2.69. The number of cyclic esters (lactones) is 1. The van der Waals surface area contributed by atoms with Gasteiger partial charge in [0.05, 0.1) is 0 Å². The molecule has 0 saturated carbocycles. The number of aryl methyl sites for hydroxylation is 2. The van der Waals surface area contributed by atoms with Crippen LogP contribution in [0.5, 0.6) is 5.75 Å². The van der Waals surface area contributed by atoms with Crippen LogP contribution in [0.15, 0.2) is 45.5 Å². The van der Waals surface area contributed by atoms with Gasteiger partial charge in [0.15, 0.2) is 5.70 Å². The molecule has 0 saturated heterocycles. The average Bonchev–Trinajstić information content (AvgIpc) is 2.94. The predicted octanol–water partition coefficient (Wildman–Crippen LogP) is 4.94. The molecule has 3 rings (SSSR count). The molecular formula is C20H15BrINO4. The van der Waals surface area contributed by atoms with E-state index in [4.69, 9.17) is 9.47 Å². The molecule has 0 aromatic heterocycles. The van der Waals surface area contributed by atoms with Gasteiger partial charge in [-0.3, -0.25) is 4.79 Å². The average molecular weight is 540 g/mol. The number of halogens is 2. The van der Waals surface area contributed by atoms with Crippen LogP contribution in [0.3, 0.4) is 0 Å². The molecule has 5 nitrogen and oxygen atoms in total. The minimum absolute atomic E-state index is 0.221. The molecule has 7 heteroatoms. The molecule has 0 fully saturated rings. The Morgan fingerprint density at radius 1 is 1.22 bits per heavy atom. The number of esters is 2. The second-order valence-electron chi connectivity index (χ2n) is 6.04. The largest absolute Gasteiger partial charge is 0.426 e. The molecular weight excluding hydrogens is 525 g/mol. The molecule has 1 aliphatic rings. The molecule has 2 aromatic rings. The molecule has 1 aliphatic heterocycles. The number of aliphatic imine (C=N–C) groups is 1. The van der Waals surface area contributed by atoms with Crippen molar-refractivity contribution >= 4 is 62.4 Å². The van der Waals surface area contributed by atoms with E-state index in [1.54, 1.807) is 6.08 Å². The van der Waals surface area contributed by atoms with Crippen molar-refractivity contribution in [2.75, 3.05) is 0 Å². The van der Waals surface area contributed by atoms with Crippen LogP contribution in [-0.4, -0.2) is 17.8 Å². The summed E-state index contributed by atoms with van der Waals surface area (Å²) in [6.07, 6.45) is 1.66. The van der Waals surface area contributed by atoms with Crippen molar-refractivity contribution in [1.82, 2.24) is 0 Å². The van der Waals surface area contributed by atoms with Crippen LogP contribution in [0, 0.1) is 17.4 Å². The number of carbonyl (C=O) groups is 2. The van der Waals surface area contributed by atoms with E-state index in [1.165, 1.54) is 6.92 Å². The fraction of sp³-hybridized carbons (Fsp3) is 0.150. The highest BCUT2D eigenvalue weighted by Crippen LogP contribution is 2.28. The van der Waals surface area contributed by atoms with Crippen LogP contribution in [-0.2, 0) is 14.3 Å². The Hall–Kier alpha value is -2.00. The zero-order chi connectivity index (χ0) is 19.7. The SMILES string of the molecule is CC(=O)Oc1c(C)cc(/C=C2\N=C(c3ccc(I)c(Br)c3)OC2=O)cc1C. The van der Waals surface area contributed by atoms with Crippen LogP contribution < -0.4 is 4.74 Å². The van der Waals surface area contributed by atoms with Gasteiger partial charge in [-0.2, -0.15) is 0 Å². The highest BCUT2D eigenvalue weighted by Gasteiger charge is 2.24. The van der Waals surface area contributed by atoms with Gasteiger partial charge in [-0.1, -0.05) is 0 Å². The number of ether oxygens (including phenoxy) is 2. The van der Waals surface area contributed by atoms with Crippen molar-refractivity contribution in [3.63, 3.8) is 0 Å². The minimum Gasteiger partial charge on any atom is -0.426 e. The lowest BCUT2D eigenvalue weighted by atomic mass is 10.0. The first-order valence-corrected chi connectivity index (χ1v) is 9.89. The molecule has 0 amide bonds. The van der Waals surface area contributed by atoms with E-state index in [2.05, 4.69) is 43.5 Å². The Bertz CT molecular complexity index is 1000. The van der Waals surface area contributed by atoms with Crippen molar-refractivity contribution in [1.29, 1.82) is 0 Å². The third-order valence-electron chi connectivity index (χ3n) is 3.82. The van der Waals surface area contributed by atoms with E-state index in [1.807, 2.05) is 44.2 Å². The Kier molecular flexibility index (Phi) is 5.81. The van der Waals surface area contributed by atoms with Gasteiger partial charge in [0, 0.05) is 20.5 Å². The molecule has 0 aliphatic carbocycles. The quantitative estimate of drug-likeness (QED) is 0.240. The fourth-order valence-corrected chi connectivity index (χ4v) is 3.41. The number of rotatable bonds is 3. The zero-order valence-electron chi connectivity index (χ0n) is 14.8. The summed E-state index contributed by atoms with van der Waals surface area (Å²) >= 11 is 5.67. The van der Waals surface area contributed by atoms with Gasteiger partial charge in [0.25, 0.3) is 0 Å². The lowest BCUT2D eigenvalue weighted by Gasteiger charge is -2.10. The van der Waals surface area contributed by atoms with Gasteiger partial charge in [0.1, 0.15) is 5.75 Å². The molecule has 0 bridgehead atoms. The summed E-state index contributed by atoms with van der Waals surface area (Å²) in [6.45, 7) is 5.05. The number of hydrogen-bond acceptors (Lipinski definition) is 5. The smallest absolute Gasteiger partial charge is 0.363 e. The molecule has 138 valence electrons. The summed E-state index contributed by atoms with van der Waals surface area (Å²) in [5.41, 5.74) is 3.32. The molecule has 1 heterocycles. The van der Waals surface area contributed by atoms with Crippen LogP contribution in [0.1, 0.15) is 29.2 Å². The number of benzene rings is 2. The maximum absolute atomic E-state index is 12.2. The maximum atomic E-state index is 12.2. The van der Waals surface area contributed by atoms with Gasteiger partial charge in [-0.05, 0) is 105 Å². The van der Waals surface area contributed by atoms with E-state index in [0.29, 0.717) is 5.75 Å². The molecule has 0 radical (unpaired) electrons. The summed E-state index contributed by atoms with van der Waals surface area (Å²) in [5.74, 6) is -0.0662. The molecule has 0 unspecified atom stereocenters. The number of carbonyl (C=O) groups excluding carboxylic acids is 2. The summed E-state index contributed by atoms with van der Waals surface area (Å²) in [5, 5.41) is 0. The number of hydrogen-bond donors (Lipinski definition) is 0. The van der Waals surface area contributed by atoms with Crippen LogP contribution in [0.2, 0.25) is 0 Å². The number of nitrogens with zero attached hydrogens (tertiary/aromatic N) is 1. The van der Waals surface area contributed by atoms with Crippen molar-refractivity contribution in [3.05, 3.63) is 66.3 Å². The first kappa shape index (κ1) is 19.8. The minimum atomic E-state index is -0.501. The van der Waals surface area contributed by atoms with Crippen molar-refractivity contribution in [3.8, 4) is 5.75 Å². The normalized spacial score (nSPS) is 14.9. The van der Waals surface area contributed by atoms with Crippen LogP contribution >= 0.6 is 38.5 Å². The summed E-state index contributed by atoms with van der Waals surface area (Å²) in [6, 6.07) is 9.29. The summed E-state index contributed by atoms with van der Waals surface area (Å²) in [4.78, 5) is 27.8. The Morgan fingerprint density at radius 2 is 1.89 bits per heavy atom. The van der Waals surface area contributed by atoms with E-state index < -0.39 is 5.97 Å². The monoisotopic (exact) mass is 539 g/mol. The van der Waals surface area contributed by atoms with Gasteiger partial charge < -0.3 is 9.47 Å². The predicted molar refractivity (Wildman–Crippen MR) is 115 cm³/mol. The van der Waals surface area contributed by atoms with E-state index in [-0.39, 0.29) is 17.6 Å². The highest BCUT2D eigenvalue weighted by molar-refractivity contribution is 14.1. The Balaban J connectivity index is 1.95. The second-order valence-corrected chi connectivity index (χ2v) is 8.06. The molecule has 0 atom stereocenters. The first-order chi connectivity index (χ1) is 12.7. The highest BCUT2D eigenvalue weighted by atomic mass is 127. The Labute approximate surface area is 178 Å². The zero-order valence-corrected chi connectivity index (χ0v) is 18.5. The maximum Gasteiger partial charge on any atom is 0.363 e. The van der Waals surface area contributed by atoms with Gasteiger partial charge in [-0.15, -0.1) is 0 Å². The summed E-state index contributed by atoms with van der Waals surface area (Å²) in [7, 11) is 0. The molecule has 0 N–H and O–H groups in total. The van der Waals surface area contributed by atoms with Crippen molar-refractivity contribution < 1.29 is 19.1 Å². The Morgan fingerprint density at radius 3 is 2.48 bits per heavy atom. The van der Waals surface area contributed by atoms with Crippen molar-refractivity contribution in [2.24, 2.45) is 4.99 Å². The molecule has 27 heavy (non-hydrogen) atoms. The van der Waals surface area contributed by atoms with Crippen molar-refractivity contribution in [2.45, 2.75) is 20.8 Å². The third-order valence-corrected chi connectivity index (χ3v) is 6.16. The lowest BCUT2D eigenvalue weighted by Crippen LogP contribution is -2.05. The van der Waals surface area contributed by atoms with Gasteiger partial charge >= 0.3 is 11.9 Å². The standard InChI is InChI=1S/C20H15BrINO4/c1-10-6-13(7-11(2)18(10)26-12(3)24)8-17-20(25)27-19(23-17)14-4-5-16(22)15(21)9-14/h4-9H,1-3H3/b17-8-. The first-order valence-electron chi connectivity index (χ1n) is 8.02. The van der Waals surface area contributed by atoms with E-state index in [9.17, 15) is 9.59 Å². The van der Waals surface area contributed by atoms with Crippen LogP contribution in [0.25, 0.3) is 6.08 Å². The van der Waals surface area contributed by atoms with E-state index in [0.717, 1.165) is 30.3 Å².